The Bertz CT molecular complexity index is 467. The summed E-state index contributed by atoms with van der Waals surface area (Å²) in [7, 11) is 0. The lowest BCUT2D eigenvalue weighted by atomic mass is 10.1. The van der Waals surface area contributed by atoms with Crippen molar-refractivity contribution in [2.45, 2.75) is 25.6 Å². The molecule has 0 aromatic heterocycles. The Kier molecular flexibility index (Phi) is 7.06. The Morgan fingerprint density at radius 3 is 2.48 bits per heavy atom. The highest BCUT2D eigenvalue weighted by atomic mass is 35.5. The Morgan fingerprint density at radius 1 is 1.24 bits per heavy atom. The number of aliphatic hydroxyl groups is 1. The van der Waals surface area contributed by atoms with Crippen LogP contribution in [0.25, 0.3) is 0 Å². The molecule has 0 amide bonds. The lowest BCUT2D eigenvalue weighted by Gasteiger charge is -2.15. The molecule has 1 aromatic carbocycles. The van der Waals surface area contributed by atoms with Crippen molar-refractivity contribution in [2.24, 2.45) is 0 Å². The average molecular weight is 347 g/mol. The van der Waals surface area contributed by atoms with E-state index in [4.69, 9.17) is 27.9 Å². The molecule has 1 atom stereocenters. The molecular formula is C13H15Cl2F3O3. The molecule has 0 saturated carbocycles. The molecule has 0 aliphatic carbocycles. The van der Waals surface area contributed by atoms with Crippen LogP contribution in [0.4, 0.5) is 13.2 Å². The lowest BCUT2D eigenvalue weighted by molar-refractivity contribution is -0.175. The van der Waals surface area contributed by atoms with Crippen molar-refractivity contribution in [1.82, 2.24) is 0 Å². The van der Waals surface area contributed by atoms with Crippen LogP contribution in [-0.2, 0) is 4.74 Å². The van der Waals surface area contributed by atoms with Crippen LogP contribution < -0.4 is 4.74 Å². The highest BCUT2D eigenvalue weighted by Gasteiger charge is 2.27. The zero-order chi connectivity index (χ0) is 16.0. The Morgan fingerprint density at radius 2 is 1.90 bits per heavy atom. The van der Waals surface area contributed by atoms with Crippen LogP contribution in [0.15, 0.2) is 12.1 Å². The van der Waals surface area contributed by atoms with Crippen LogP contribution in [-0.4, -0.2) is 31.1 Å². The summed E-state index contributed by atoms with van der Waals surface area (Å²) in [5.41, 5.74) is 0.320. The van der Waals surface area contributed by atoms with E-state index in [0.29, 0.717) is 17.9 Å². The Labute approximate surface area is 130 Å². The van der Waals surface area contributed by atoms with Crippen LogP contribution in [0.2, 0.25) is 10.0 Å². The van der Waals surface area contributed by atoms with E-state index in [1.54, 1.807) is 6.92 Å². The first-order chi connectivity index (χ1) is 9.74. The average Bonchev–Trinajstić information content (AvgIpc) is 2.37. The van der Waals surface area contributed by atoms with Crippen molar-refractivity contribution in [2.75, 3.05) is 19.8 Å². The molecule has 0 saturated heterocycles. The fourth-order valence-corrected chi connectivity index (χ4v) is 2.11. The van der Waals surface area contributed by atoms with E-state index >= 15 is 0 Å². The molecular weight excluding hydrogens is 332 g/mol. The van der Waals surface area contributed by atoms with Crippen molar-refractivity contribution in [3.05, 3.63) is 27.7 Å². The van der Waals surface area contributed by atoms with Crippen molar-refractivity contribution in [3.63, 3.8) is 0 Å². The predicted octanol–water partition coefficient (Wildman–Crippen LogP) is 4.39. The van der Waals surface area contributed by atoms with E-state index in [9.17, 15) is 18.3 Å². The third-order valence-electron chi connectivity index (χ3n) is 2.51. The van der Waals surface area contributed by atoms with Gasteiger partial charge in [-0.1, -0.05) is 23.2 Å². The Hall–Kier alpha value is -0.690. The summed E-state index contributed by atoms with van der Waals surface area (Å²) in [5.74, 6) is 0.383. The van der Waals surface area contributed by atoms with Gasteiger partial charge in [0.25, 0.3) is 0 Å². The van der Waals surface area contributed by atoms with Gasteiger partial charge in [-0.25, -0.2) is 0 Å². The van der Waals surface area contributed by atoms with Crippen molar-refractivity contribution < 1.29 is 27.8 Å². The fraction of sp³-hybridized carbons (Fsp3) is 0.538. The molecule has 0 radical (unpaired) electrons. The number of rotatable bonds is 7. The minimum absolute atomic E-state index is 0.0277. The fourth-order valence-electron chi connectivity index (χ4n) is 1.60. The summed E-state index contributed by atoms with van der Waals surface area (Å²) >= 11 is 12.0. The second-order valence-electron chi connectivity index (χ2n) is 4.21. The summed E-state index contributed by atoms with van der Waals surface area (Å²) < 4.78 is 45.4. The highest BCUT2D eigenvalue weighted by molar-refractivity contribution is 6.34. The zero-order valence-electron chi connectivity index (χ0n) is 11.2. The van der Waals surface area contributed by atoms with E-state index in [-0.39, 0.29) is 23.1 Å². The number of hydrogen-bond acceptors (Lipinski definition) is 3. The number of halogens is 5. The number of alkyl halides is 3. The molecule has 1 unspecified atom stereocenters. The SMILES string of the molecule is CCOc1cc(Cl)c(C(O)CCOCC(F)(F)F)cc1Cl. The van der Waals surface area contributed by atoms with E-state index < -0.39 is 18.9 Å². The summed E-state index contributed by atoms with van der Waals surface area (Å²) in [6.07, 6.45) is -5.48. The zero-order valence-corrected chi connectivity index (χ0v) is 12.7. The van der Waals surface area contributed by atoms with Gasteiger partial charge in [-0.05, 0) is 13.0 Å². The number of hydrogen-bond donors (Lipinski definition) is 1. The minimum atomic E-state index is -4.38. The normalized spacial score (nSPS) is 13.3. The molecule has 0 spiro atoms. The van der Waals surface area contributed by atoms with Gasteiger partial charge in [0.05, 0.1) is 22.8 Å². The van der Waals surface area contributed by atoms with Crippen molar-refractivity contribution in [1.29, 1.82) is 0 Å². The van der Waals surface area contributed by atoms with E-state index in [1.165, 1.54) is 12.1 Å². The van der Waals surface area contributed by atoms with Crippen LogP contribution >= 0.6 is 23.2 Å². The second-order valence-corrected chi connectivity index (χ2v) is 5.02. The van der Waals surface area contributed by atoms with Gasteiger partial charge in [0.15, 0.2) is 0 Å². The molecule has 8 heteroatoms. The van der Waals surface area contributed by atoms with Gasteiger partial charge in [-0.2, -0.15) is 13.2 Å². The molecule has 0 fully saturated rings. The van der Waals surface area contributed by atoms with Gasteiger partial charge in [0, 0.05) is 24.7 Å². The molecule has 21 heavy (non-hydrogen) atoms. The standard InChI is InChI=1S/C13H15Cl2F3O3/c1-2-21-12-6-9(14)8(5-10(12)15)11(19)3-4-20-7-13(16,17)18/h5-6,11,19H,2-4,7H2,1H3. The smallest absolute Gasteiger partial charge is 0.411 e. The third kappa shape index (κ3) is 6.30. The quantitative estimate of drug-likeness (QED) is 0.744. The maximum absolute atomic E-state index is 11.9. The topological polar surface area (TPSA) is 38.7 Å². The Balaban J connectivity index is 2.62. The van der Waals surface area contributed by atoms with Gasteiger partial charge in [-0.15, -0.1) is 0 Å². The summed E-state index contributed by atoms with van der Waals surface area (Å²) in [6.45, 7) is 0.591. The number of benzene rings is 1. The van der Waals surface area contributed by atoms with Crippen LogP contribution in [0.5, 0.6) is 5.75 Å². The maximum atomic E-state index is 11.9. The molecule has 1 N–H and O–H groups in total. The summed E-state index contributed by atoms with van der Waals surface area (Å²) in [4.78, 5) is 0. The largest absolute Gasteiger partial charge is 0.492 e. The maximum Gasteiger partial charge on any atom is 0.411 e. The van der Waals surface area contributed by atoms with Gasteiger partial charge in [0.1, 0.15) is 12.4 Å². The second kappa shape index (κ2) is 8.08. The van der Waals surface area contributed by atoms with Crippen molar-refractivity contribution in [3.8, 4) is 5.75 Å². The summed E-state index contributed by atoms with van der Waals surface area (Å²) in [5, 5.41) is 10.4. The lowest BCUT2D eigenvalue weighted by Crippen LogP contribution is -2.18. The molecule has 0 bridgehead atoms. The molecule has 1 aromatic rings. The van der Waals surface area contributed by atoms with Crippen LogP contribution in [0.3, 0.4) is 0 Å². The van der Waals surface area contributed by atoms with E-state index in [1.807, 2.05) is 0 Å². The molecule has 0 aliphatic heterocycles. The van der Waals surface area contributed by atoms with E-state index in [0.717, 1.165) is 0 Å². The van der Waals surface area contributed by atoms with Crippen LogP contribution in [0.1, 0.15) is 25.0 Å². The highest BCUT2D eigenvalue weighted by Crippen LogP contribution is 2.35. The predicted molar refractivity (Wildman–Crippen MR) is 74.1 cm³/mol. The summed E-state index contributed by atoms with van der Waals surface area (Å²) in [6, 6.07) is 2.89. The first kappa shape index (κ1) is 18.4. The number of ether oxygens (including phenoxy) is 2. The first-order valence-corrected chi connectivity index (χ1v) is 6.94. The minimum Gasteiger partial charge on any atom is -0.492 e. The van der Waals surface area contributed by atoms with Gasteiger partial charge in [0.2, 0.25) is 0 Å². The van der Waals surface area contributed by atoms with Crippen molar-refractivity contribution >= 4 is 23.2 Å². The van der Waals surface area contributed by atoms with Gasteiger partial charge < -0.3 is 14.6 Å². The monoisotopic (exact) mass is 346 g/mol. The first-order valence-electron chi connectivity index (χ1n) is 6.19. The molecule has 0 aliphatic rings. The number of aliphatic hydroxyl groups excluding tert-OH is 1. The molecule has 0 heterocycles. The molecule has 3 nitrogen and oxygen atoms in total. The molecule has 1 rings (SSSR count). The van der Waals surface area contributed by atoms with E-state index in [2.05, 4.69) is 4.74 Å². The van der Waals surface area contributed by atoms with Gasteiger partial charge >= 0.3 is 6.18 Å². The van der Waals surface area contributed by atoms with Gasteiger partial charge in [-0.3, -0.25) is 0 Å². The third-order valence-corrected chi connectivity index (χ3v) is 3.13. The molecule has 120 valence electrons. The van der Waals surface area contributed by atoms with Crippen LogP contribution in [0, 0.1) is 0 Å².